The van der Waals surface area contributed by atoms with Gasteiger partial charge < -0.3 is 0 Å². The Morgan fingerprint density at radius 1 is 1.08 bits per heavy atom. The molecule has 1 unspecified atom stereocenters. The Bertz CT molecular complexity index is 241. The van der Waals surface area contributed by atoms with Gasteiger partial charge in [-0.3, -0.25) is 0 Å². The summed E-state index contributed by atoms with van der Waals surface area (Å²) in [5, 5.41) is 0. The van der Waals surface area contributed by atoms with E-state index >= 15 is 0 Å². The first-order valence-corrected chi connectivity index (χ1v) is 5.15. The summed E-state index contributed by atoms with van der Waals surface area (Å²) in [5.74, 6) is 0. The summed E-state index contributed by atoms with van der Waals surface area (Å²) in [4.78, 5) is 0. The summed E-state index contributed by atoms with van der Waals surface area (Å²) in [7, 11) is 2.74. The van der Waals surface area contributed by atoms with Crippen molar-refractivity contribution in [2.75, 3.05) is 0 Å². The van der Waals surface area contributed by atoms with Gasteiger partial charge in [-0.25, -0.2) is 0 Å². The third kappa shape index (κ3) is 2.32. The lowest BCUT2D eigenvalue weighted by Crippen LogP contribution is -2.10. The molecule has 66 valence electrons. The largest absolute Gasteiger partial charge is 0.133 e. The predicted octanol–water partition coefficient (Wildman–Crippen LogP) is 3.36. The van der Waals surface area contributed by atoms with Crippen LogP contribution in [0.5, 0.6) is 0 Å². The summed E-state index contributed by atoms with van der Waals surface area (Å²) < 4.78 is 0. The predicted molar refractivity (Wildman–Crippen MR) is 58.6 cm³/mol. The molecule has 0 aliphatic heterocycles. The van der Waals surface area contributed by atoms with Crippen molar-refractivity contribution in [2.45, 2.75) is 32.3 Å². The van der Waals surface area contributed by atoms with Gasteiger partial charge in [0.15, 0.2) is 0 Å². The SMILES string of the molecule is CC(C)(C)c1ccc(CP)cc1. The van der Waals surface area contributed by atoms with Crippen LogP contribution in [0.25, 0.3) is 0 Å². The standard InChI is InChI=1S/C11H17P/c1-11(2,3)10-6-4-9(8-12)5-7-10/h4-7H,8,12H2,1-3H3. The van der Waals surface area contributed by atoms with Gasteiger partial charge in [0.05, 0.1) is 0 Å². The molecular formula is C11H17P. The highest BCUT2D eigenvalue weighted by Crippen LogP contribution is 2.22. The van der Waals surface area contributed by atoms with Crippen LogP contribution in [0.1, 0.15) is 31.9 Å². The van der Waals surface area contributed by atoms with Crippen molar-refractivity contribution in [3.63, 3.8) is 0 Å². The molecule has 1 atom stereocenters. The molecule has 0 N–H and O–H groups in total. The number of hydrogen-bond acceptors (Lipinski definition) is 0. The van der Waals surface area contributed by atoms with Crippen LogP contribution in [0.3, 0.4) is 0 Å². The van der Waals surface area contributed by atoms with Crippen molar-refractivity contribution in [1.82, 2.24) is 0 Å². The lowest BCUT2D eigenvalue weighted by atomic mass is 9.87. The van der Waals surface area contributed by atoms with Crippen LogP contribution in [-0.4, -0.2) is 0 Å². The average Bonchev–Trinajstić information content (AvgIpc) is 2.03. The molecule has 0 saturated carbocycles. The van der Waals surface area contributed by atoms with Crippen molar-refractivity contribution in [3.05, 3.63) is 35.4 Å². The summed E-state index contributed by atoms with van der Waals surface area (Å²) in [6, 6.07) is 8.85. The minimum Gasteiger partial charge on any atom is -0.133 e. The molecule has 0 aromatic heterocycles. The maximum Gasteiger partial charge on any atom is -0.0128 e. The molecule has 0 amide bonds. The summed E-state index contributed by atoms with van der Waals surface area (Å²) in [6.45, 7) is 6.72. The number of benzene rings is 1. The summed E-state index contributed by atoms with van der Waals surface area (Å²) in [6.07, 6.45) is 1.05. The molecule has 1 aromatic carbocycles. The van der Waals surface area contributed by atoms with Gasteiger partial charge in [-0.05, 0) is 22.7 Å². The van der Waals surface area contributed by atoms with Crippen LogP contribution < -0.4 is 0 Å². The van der Waals surface area contributed by atoms with E-state index < -0.39 is 0 Å². The maximum absolute atomic E-state index is 2.74. The topological polar surface area (TPSA) is 0 Å². The van der Waals surface area contributed by atoms with Gasteiger partial charge in [0, 0.05) is 0 Å². The van der Waals surface area contributed by atoms with E-state index in [1.165, 1.54) is 11.1 Å². The van der Waals surface area contributed by atoms with E-state index in [4.69, 9.17) is 0 Å². The van der Waals surface area contributed by atoms with Gasteiger partial charge in [0.1, 0.15) is 0 Å². The molecule has 0 aliphatic rings. The average molecular weight is 180 g/mol. The highest BCUT2D eigenvalue weighted by atomic mass is 31.0. The summed E-state index contributed by atoms with van der Waals surface area (Å²) >= 11 is 0. The molecule has 0 heterocycles. The zero-order valence-electron chi connectivity index (χ0n) is 8.09. The van der Waals surface area contributed by atoms with E-state index in [1.54, 1.807) is 0 Å². The van der Waals surface area contributed by atoms with Crippen molar-refractivity contribution >= 4 is 9.24 Å². The molecule has 0 radical (unpaired) electrons. The van der Waals surface area contributed by atoms with E-state index in [0.717, 1.165) is 6.16 Å². The Hall–Kier alpha value is -0.350. The number of hydrogen-bond donors (Lipinski definition) is 0. The van der Waals surface area contributed by atoms with E-state index in [-0.39, 0.29) is 5.41 Å². The molecule has 0 spiro atoms. The minimum atomic E-state index is 0.277. The van der Waals surface area contributed by atoms with E-state index in [9.17, 15) is 0 Å². The molecule has 1 heteroatoms. The molecule has 0 aliphatic carbocycles. The summed E-state index contributed by atoms with van der Waals surface area (Å²) in [5.41, 5.74) is 3.07. The Kier molecular flexibility index (Phi) is 2.90. The second kappa shape index (κ2) is 3.58. The first kappa shape index (κ1) is 9.74. The maximum atomic E-state index is 2.74. The van der Waals surface area contributed by atoms with E-state index in [1.807, 2.05) is 0 Å². The van der Waals surface area contributed by atoms with Crippen molar-refractivity contribution in [1.29, 1.82) is 0 Å². The fourth-order valence-electron chi connectivity index (χ4n) is 1.14. The lowest BCUT2D eigenvalue weighted by molar-refractivity contribution is 0.590. The Balaban J connectivity index is 2.93. The Labute approximate surface area is 77.6 Å². The molecular weight excluding hydrogens is 163 g/mol. The highest BCUT2D eigenvalue weighted by molar-refractivity contribution is 7.15. The first-order chi connectivity index (χ1) is 5.54. The van der Waals surface area contributed by atoms with Crippen LogP contribution in [0.4, 0.5) is 0 Å². The fourth-order valence-corrected chi connectivity index (χ4v) is 1.41. The molecule has 1 rings (SSSR count). The Morgan fingerprint density at radius 3 is 1.92 bits per heavy atom. The molecule has 0 saturated heterocycles. The number of rotatable bonds is 1. The van der Waals surface area contributed by atoms with Crippen molar-refractivity contribution in [3.8, 4) is 0 Å². The van der Waals surface area contributed by atoms with Gasteiger partial charge in [0.2, 0.25) is 0 Å². The van der Waals surface area contributed by atoms with Gasteiger partial charge in [-0.2, -0.15) is 0 Å². The zero-order valence-corrected chi connectivity index (χ0v) is 9.25. The smallest absolute Gasteiger partial charge is 0.0128 e. The lowest BCUT2D eigenvalue weighted by Gasteiger charge is -2.18. The third-order valence-corrected chi connectivity index (χ3v) is 2.53. The normalized spacial score (nSPS) is 11.7. The van der Waals surface area contributed by atoms with Gasteiger partial charge in [-0.1, -0.05) is 45.0 Å². The molecule has 0 nitrogen and oxygen atoms in total. The van der Waals surface area contributed by atoms with Crippen LogP contribution in [-0.2, 0) is 11.6 Å². The van der Waals surface area contributed by atoms with Crippen molar-refractivity contribution in [2.24, 2.45) is 0 Å². The van der Waals surface area contributed by atoms with Crippen LogP contribution >= 0.6 is 9.24 Å². The molecule has 0 fully saturated rings. The fraction of sp³-hybridized carbons (Fsp3) is 0.455. The second-order valence-electron chi connectivity index (χ2n) is 4.15. The third-order valence-electron chi connectivity index (χ3n) is 2.06. The molecule has 1 aromatic rings. The Morgan fingerprint density at radius 2 is 1.58 bits per heavy atom. The molecule has 0 bridgehead atoms. The monoisotopic (exact) mass is 180 g/mol. The second-order valence-corrected chi connectivity index (χ2v) is 4.56. The highest BCUT2D eigenvalue weighted by Gasteiger charge is 2.12. The first-order valence-electron chi connectivity index (χ1n) is 4.33. The quantitative estimate of drug-likeness (QED) is 0.581. The van der Waals surface area contributed by atoms with E-state index in [2.05, 4.69) is 54.3 Å². The van der Waals surface area contributed by atoms with Gasteiger partial charge in [-0.15, -0.1) is 9.24 Å². The van der Waals surface area contributed by atoms with Gasteiger partial charge in [0.25, 0.3) is 0 Å². The molecule has 12 heavy (non-hydrogen) atoms. The van der Waals surface area contributed by atoms with Crippen LogP contribution in [0, 0.1) is 0 Å². The van der Waals surface area contributed by atoms with Crippen LogP contribution in [0.2, 0.25) is 0 Å². The van der Waals surface area contributed by atoms with E-state index in [0.29, 0.717) is 0 Å². The zero-order chi connectivity index (χ0) is 9.19. The minimum absolute atomic E-state index is 0.277. The van der Waals surface area contributed by atoms with Gasteiger partial charge >= 0.3 is 0 Å². The van der Waals surface area contributed by atoms with Crippen molar-refractivity contribution < 1.29 is 0 Å². The van der Waals surface area contributed by atoms with Crippen LogP contribution in [0.15, 0.2) is 24.3 Å².